The van der Waals surface area contributed by atoms with Crippen molar-refractivity contribution in [3.63, 3.8) is 0 Å². The zero-order valence-electron chi connectivity index (χ0n) is 22.5. The number of likely N-dealkylation sites (tertiary alicyclic amines) is 1. The fourth-order valence-electron chi connectivity index (χ4n) is 6.68. The number of hydrogen-bond donors (Lipinski definition) is 2. The molecule has 2 aromatic rings. The van der Waals surface area contributed by atoms with Gasteiger partial charge in [-0.1, -0.05) is 12.1 Å². The van der Waals surface area contributed by atoms with E-state index in [0.717, 1.165) is 37.2 Å². The van der Waals surface area contributed by atoms with Gasteiger partial charge in [-0.25, -0.2) is 0 Å². The Bertz CT molecular complexity index is 1230. The van der Waals surface area contributed by atoms with Gasteiger partial charge in [0, 0.05) is 61.6 Å². The zero-order chi connectivity index (χ0) is 26.6. The van der Waals surface area contributed by atoms with Gasteiger partial charge < -0.3 is 24.9 Å². The van der Waals surface area contributed by atoms with Crippen LogP contribution in [0, 0.1) is 25.2 Å². The lowest BCUT2D eigenvalue weighted by atomic mass is 9.80. The summed E-state index contributed by atoms with van der Waals surface area (Å²) in [5.74, 6) is 0.957. The van der Waals surface area contributed by atoms with Crippen molar-refractivity contribution in [2.45, 2.75) is 52.0 Å². The van der Waals surface area contributed by atoms with Crippen LogP contribution in [-0.4, -0.2) is 94.1 Å². The van der Waals surface area contributed by atoms with E-state index in [4.69, 9.17) is 5.10 Å². The van der Waals surface area contributed by atoms with E-state index in [2.05, 4.69) is 36.9 Å². The van der Waals surface area contributed by atoms with E-state index in [1.54, 1.807) is 4.90 Å². The highest BCUT2D eigenvalue weighted by molar-refractivity contribution is 5.95. The Labute approximate surface area is 224 Å². The number of amides is 2. The molecule has 9 heteroatoms. The lowest BCUT2D eigenvalue weighted by Gasteiger charge is -2.39. The molecule has 1 aromatic heterocycles. The summed E-state index contributed by atoms with van der Waals surface area (Å²) in [5, 5.41) is 24.2. The number of anilines is 1. The predicted molar refractivity (Wildman–Crippen MR) is 143 cm³/mol. The number of fused-ring (bicyclic) bond motifs is 3. The van der Waals surface area contributed by atoms with Gasteiger partial charge in [0.25, 0.3) is 5.91 Å². The number of carbonyl (C=O) groups is 2. The molecule has 0 radical (unpaired) electrons. The summed E-state index contributed by atoms with van der Waals surface area (Å²) in [4.78, 5) is 33.0. The van der Waals surface area contributed by atoms with Crippen molar-refractivity contribution in [3.05, 3.63) is 46.3 Å². The number of hydrogen-bond acceptors (Lipinski definition) is 6. The molecule has 1 saturated carbocycles. The van der Waals surface area contributed by atoms with Crippen molar-refractivity contribution in [3.8, 4) is 0 Å². The minimum Gasteiger partial charge on any atom is -0.396 e. The van der Waals surface area contributed by atoms with Crippen LogP contribution in [0.4, 0.5) is 5.69 Å². The van der Waals surface area contributed by atoms with E-state index in [0.29, 0.717) is 56.6 Å². The van der Waals surface area contributed by atoms with Crippen LogP contribution in [0.2, 0.25) is 0 Å². The first-order chi connectivity index (χ1) is 18.3. The van der Waals surface area contributed by atoms with Gasteiger partial charge in [-0.2, -0.15) is 5.10 Å². The van der Waals surface area contributed by atoms with Crippen LogP contribution < -0.4 is 4.90 Å². The van der Waals surface area contributed by atoms with Gasteiger partial charge in [0.2, 0.25) is 5.91 Å². The SMILES string of the molecule is Cc1cccc(N2CCN(C(=O)Cn3nc(C(=O)N4CCC(CO)(CO)CC4)c4c3C[C@H]3C[C@@H]43)CC2)c1C. The first kappa shape index (κ1) is 25.4. The van der Waals surface area contributed by atoms with Crippen LogP contribution in [-0.2, 0) is 17.8 Å². The summed E-state index contributed by atoms with van der Waals surface area (Å²) in [6, 6.07) is 6.38. The van der Waals surface area contributed by atoms with Crippen molar-refractivity contribution in [2.24, 2.45) is 11.3 Å². The van der Waals surface area contributed by atoms with Gasteiger partial charge in [-0.05, 0) is 68.6 Å². The highest BCUT2D eigenvalue weighted by atomic mass is 16.3. The summed E-state index contributed by atoms with van der Waals surface area (Å²) in [6.45, 7) is 8.29. The minimum atomic E-state index is -0.506. The van der Waals surface area contributed by atoms with Gasteiger partial charge in [-0.3, -0.25) is 14.3 Å². The fourth-order valence-corrected chi connectivity index (χ4v) is 6.68. The molecular formula is C29H39N5O4. The second kappa shape index (κ2) is 9.68. The second-order valence-corrected chi connectivity index (χ2v) is 11.9. The molecule has 0 unspecified atom stereocenters. The molecule has 2 atom stereocenters. The smallest absolute Gasteiger partial charge is 0.274 e. The average molecular weight is 522 g/mol. The maximum absolute atomic E-state index is 13.6. The number of aliphatic hydroxyl groups is 2. The molecule has 2 aliphatic carbocycles. The summed E-state index contributed by atoms with van der Waals surface area (Å²) in [7, 11) is 0. The standard InChI is InChI=1S/C29H39N5O4/c1-19-4-3-5-23(20(19)2)31-10-12-32(13-11-31)25(37)16-34-24-15-21-14-22(21)26(24)27(30-34)28(38)33-8-6-29(17-35,18-36)7-9-33/h3-5,21-22,35-36H,6-18H2,1-2H3/t21-,22-/m1/s1. The third-order valence-electron chi connectivity index (χ3n) is 9.67. The van der Waals surface area contributed by atoms with Crippen LogP contribution in [0.5, 0.6) is 0 Å². The maximum Gasteiger partial charge on any atom is 0.274 e. The van der Waals surface area contributed by atoms with Gasteiger partial charge in [0.05, 0.1) is 13.2 Å². The van der Waals surface area contributed by atoms with Crippen molar-refractivity contribution >= 4 is 17.5 Å². The molecule has 2 saturated heterocycles. The quantitative estimate of drug-likeness (QED) is 0.600. The van der Waals surface area contributed by atoms with Crippen molar-refractivity contribution < 1.29 is 19.8 Å². The molecule has 204 valence electrons. The number of aliphatic hydroxyl groups excluding tert-OH is 2. The Kier molecular flexibility index (Phi) is 6.46. The predicted octanol–water partition coefficient (Wildman–Crippen LogP) is 1.72. The summed E-state index contributed by atoms with van der Waals surface area (Å²) < 4.78 is 1.81. The van der Waals surface area contributed by atoms with Crippen LogP contribution in [0.1, 0.15) is 58.1 Å². The maximum atomic E-state index is 13.6. The Morgan fingerprint density at radius 2 is 1.71 bits per heavy atom. The first-order valence-corrected chi connectivity index (χ1v) is 14.0. The molecule has 2 amide bonds. The Morgan fingerprint density at radius 3 is 2.39 bits per heavy atom. The third-order valence-corrected chi connectivity index (χ3v) is 9.67. The number of piperazine rings is 1. The number of rotatable bonds is 6. The number of piperidine rings is 1. The summed E-state index contributed by atoms with van der Waals surface area (Å²) >= 11 is 0. The van der Waals surface area contributed by atoms with Crippen LogP contribution in [0.25, 0.3) is 0 Å². The lowest BCUT2D eigenvalue weighted by molar-refractivity contribution is -0.132. The molecule has 2 aliphatic heterocycles. The number of nitrogens with zero attached hydrogens (tertiary/aromatic N) is 5. The van der Waals surface area contributed by atoms with Crippen LogP contribution in [0.15, 0.2) is 18.2 Å². The molecule has 0 bridgehead atoms. The van der Waals surface area contributed by atoms with Gasteiger partial charge >= 0.3 is 0 Å². The molecule has 4 aliphatic rings. The molecule has 3 fully saturated rings. The van der Waals surface area contributed by atoms with Gasteiger partial charge in [0.15, 0.2) is 5.69 Å². The average Bonchev–Trinajstić information content (AvgIpc) is 3.48. The van der Waals surface area contributed by atoms with E-state index in [-0.39, 0.29) is 31.6 Å². The number of aromatic nitrogens is 2. The van der Waals surface area contributed by atoms with E-state index in [9.17, 15) is 19.8 Å². The topological polar surface area (TPSA) is 102 Å². The van der Waals surface area contributed by atoms with E-state index >= 15 is 0 Å². The normalized spacial score (nSPS) is 23.8. The van der Waals surface area contributed by atoms with E-state index in [1.165, 1.54) is 16.8 Å². The largest absolute Gasteiger partial charge is 0.396 e. The highest BCUT2D eigenvalue weighted by Crippen LogP contribution is 2.57. The van der Waals surface area contributed by atoms with Gasteiger partial charge in [0.1, 0.15) is 6.54 Å². The Hall–Kier alpha value is -2.91. The third kappa shape index (κ3) is 4.29. The highest BCUT2D eigenvalue weighted by Gasteiger charge is 2.51. The zero-order valence-corrected chi connectivity index (χ0v) is 22.5. The lowest BCUT2D eigenvalue weighted by Crippen LogP contribution is -2.50. The molecule has 3 heterocycles. The molecule has 9 nitrogen and oxygen atoms in total. The first-order valence-electron chi connectivity index (χ1n) is 14.0. The van der Waals surface area contributed by atoms with Crippen LogP contribution in [0.3, 0.4) is 0 Å². The van der Waals surface area contributed by atoms with E-state index in [1.807, 2.05) is 9.58 Å². The van der Waals surface area contributed by atoms with Crippen molar-refractivity contribution in [1.82, 2.24) is 19.6 Å². The molecule has 1 aromatic carbocycles. The minimum absolute atomic E-state index is 0.0594. The van der Waals surface area contributed by atoms with Crippen molar-refractivity contribution in [1.29, 1.82) is 0 Å². The van der Waals surface area contributed by atoms with Gasteiger partial charge in [-0.15, -0.1) is 0 Å². The Morgan fingerprint density at radius 1 is 1.00 bits per heavy atom. The molecular weight excluding hydrogens is 482 g/mol. The second-order valence-electron chi connectivity index (χ2n) is 11.9. The molecule has 0 spiro atoms. The fraction of sp³-hybridized carbons (Fsp3) is 0.621. The molecule has 6 rings (SSSR count). The number of aryl methyl sites for hydroxylation is 1. The van der Waals surface area contributed by atoms with Crippen molar-refractivity contribution in [2.75, 3.05) is 57.4 Å². The summed E-state index contributed by atoms with van der Waals surface area (Å²) in [6.07, 6.45) is 3.15. The number of carbonyl (C=O) groups excluding carboxylic acids is 2. The molecule has 2 N–H and O–H groups in total. The number of benzene rings is 1. The molecule has 38 heavy (non-hydrogen) atoms. The van der Waals surface area contributed by atoms with Crippen LogP contribution >= 0.6 is 0 Å². The van der Waals surface area contributed by atoms with E-state index < -0.39 is 5.41 Å². The Balaban J connectivity index is 1.13. The monoisotopic (exact) mass is 521 g/mol. The summed E-state index contributed by atoms with van der Waals surface area (Å²) in [5.41, 5.74) is 5.96.